The summed E-state index contributed by atoms with van der Waals surface area (Å²) in [7, 11) is -3.17. The van der Waals surface area contributed by atoms with Gasteiger partial charge in [0.05, 0.1) is 0 Å². The van der Waals surface area contributed by atoms with Crippen LogP contribution >= 0.6 is 12.6 Å². The predicted octanol–water partition coefficient (Wildman–Crippen LogP) is 2.61. The summed E-state index contributed by atoms with van der Waals surface area (Å²) in [5.41, 5.74) is 0.0562. The quantitative estimate of drug-likeness (QED) is 0.797. The van der Waals surface area contributed by atoms with Crippen LogP contribution in [0.5, 0.6) is 0 Å². The third-order valence-corrected chi connectivity index (χ3v) is 8.06. The van der Waals surface area contributed by atoms with Gasteiger partial charge >= 0.3 is 0 Å². The molecule has 0 aromatic carbocycles. The minimum absolute atomic E-state index is 0.0381. The summed E-state index contributed by atoms with van der Waals surface area (Å²) >= 11 is 4.68. The molecular formula is C16H32N2O2S2. The number of thiol groups is 1. The Morgan fingerprint density at radius 1 is 1.09 bits per heavy atom. The van der Waals surface area contributed by atoms with Crippen molar-refractivity contribution in [2.45, 2.75) is 76.0 Å². The summed E-state index contributed by atoms with van der Waals surface area (Å²) in [6.07, 6.45) is 1.82. The smallest absolute Gasteiger partial charge is 0.219 e. The topological polar surface area (TPSA) is 40.6 Å². The largest absolute Gasteiger partial charge is 0.296 e. The molecule has 0 radical (unpaired) electrons. The number of hydrogen-bond acceptors (Lipinski definition) is 4. The molecule has 2 saturated heterocycles. The molecule has 0 N–H and O–H groups in total. The van der Waals surface area contributed by atoms with E-state index in [-0.39, 0.29) is 21.6 Å². The Hall–Kier alpha value is 0.220. The molecule has 0 bridgehead atoms. The number of piperidine rings is 1. The third kappa shape index (κ3) is 3.65. The second kappa shape index (κ2) is 5.94. The van der Waals surface area contributed by atoms with Gasteiger partial charge in [0.2, 0.25) is 10.0 Å². The maximum atomic E-state index is 12.9. The van der Waals surface area contributed by atoms with Crippen molar-refractivity contribution in [1.29, 1.82) is 0 Å². The molecule has 0 aromatic rings. The van der Waals surface area contributed by atoms with Gasteiger partial charge in [-0.15, -0.1) is 0 Å². The molecule has 6 heteroatoms. The van der Waals surface area contributed by atoms with Crippen molar-refractivity contribution in [1.82, 2.24) is 9.21 Å². The second-order valence-corrected chi connectivity index (χ2v) is 11.9. The van der Waals surface area contributed by atoms with Gasteiger partial charge in [-0.3, -0.25) is 4.90 Å². The van der Waals surface area contributed by atoms with Gasteiger partial charge in [-0.05, 0) is 46.5 Å². The summed E-state index contributed by atoms with van der Waals surface area (Å²) in [6.45, 7) is 14.7. The van der Waals surface area contributed by atoms with E-state index in [4.69, 9.17) is 0 Å². The number of nitrogens with zero attached hydrogens (tertiary/aromatic N) is 2. The molecular weight excluding hydrogens is 316 g/mol. The molecule has 2 aliphatic heterocycles. The molecule has 2 atom stereocenters. The van der Waals surface area contributed by atoms with Crippen LogP contribution in [0.1, 0.15) is 54.4 Å². The summed E-state index contributed by atoms with van der Waals surface area (Å²) < 4.78 is 27.5. The predicted molar refractivity (Wildman–Crippen MR) is 96.0 cm³/mol. The Kier molecular flexibility index (Phi) is 5.01. The number of hydrogen-bond donors (Lipinski definition) is 1. The molecule has 2 fully saturated rings. The van der Waals surface area contributed by atoms with Crippen molar-refractivity contribution >= 4 is 22.7 Å². The number of rotatable bonds is 3. The fourth-order valence-corrected chi connectivity index (χ4v) is 5.84. The average molecular weight is 349 g/mol. The molecule has 2 unspecified atom stereocenters. The molecule has 22 heavy (non-hydrogen) atoms. The summed E-state index contributed by atoms with van der Waals surface area (Å²) in [6, 6.07) is 0.0823. The van der Waals surface area contributed by atoms with Crippen molar-refractivity contribution in [3.05, 3.63) is 0 Å². The minimum atomic E-state index is -3.17. The Morgan fingerprint density at radius 2 is 1.64 bits per heavy atom. The first-order valence-corrected chi connectivity index (χ1v) is 10.3. The van der Waals surface area contributed by atoms with Crippen molar-refractivity contribution in [2.24, 2.45) is 5.92 Å². The Balaban J connectivity index is 2.01. The Morgan fingerprint density at radius 3 is 2.05 bits per heavy atom. The fourth-order valence-electron chi connectivity index (χ4n) is 3.54. The minimum Gasteiger partial charge on any atom is -0.296 e. The lowest BCUT2D eigenvalue weighted by Gasteiger charge is -2.50. The first kappa shape index (κ1) is 18.6. The van der Waals surface area contributed by atoms with E-state index in [9.17, 15) is 8.42 Å². The molecule has 2 aliphatic rings. The van der Waals surface area contributed by atoms with E-state index in [1.54, 1.807) is 4.31 Å². The van der Waals surface area contributed by atoms with Crippen LogP contribution in [0.4, 0.5) is 0 Å². The molecule has 2 rings (SSSR count). The van der Waals surface area contributed by atoms with Crippen molar-refractivity contribution in [2.75, 3.05) is 19.6 Å². The monoisotopic (exact) mass is 348 g/mol. The highest BCUT2D eigenvalue weighted by Crippen LogP contribution is 2.37. The second-order valence-electron chi connectivity index (χ2n) is 8.58. The maximum absolute atomic E-state index is 12.9. The first-order chi connectivity index (χ1) is 9.83. The van der Waals surface area contributed by atoms with E-state index < -0.39 is 10.0 Å². The van der Waals surface area contributed by atoms with Crippen LogP contribution in [0.25, 0.3) is 0 Å². The lowest BCUT2D eigenvalue weighted by molar-refractivity contribution is 0.0683. The van der Waals surface area contributed by atoms with Crippen LogP contribution in [0, 0.1) is 5.92 Å². The van der Waals surface area contributed by atoms with Crippen LogP contribution in [0.15, 0.2) is 0 Å². The van der Waals surface area contributed by atoms with E-state index in [1.807, 2.05) is 6.92 Å². The molecule has 2 heterocycles. The zero-order chi connectivity index (χ0) is 16.9. The highest BCUT2D eigenvalue weighted by Gasteiger charge is 2.47. The van der Waals surface area contributed by atoms with Crippen LogP contribution in [-0.4, -0.2) is 58.8 Å². The maximum Gasteiger partial charge on any atom is 0.219 e. The SMILES string of the molecule is CC1CC(C(C)(C)S)CCN1S(=O)(=O)C1CN(C(C)(C)C)C1. The van der Waals surface area contributed by atoms with E-state index in [0.717, 1.165) is 12.8 Å². The zero-order valence-corrected chi connectivity index (χ0v) is 16.5. The summed E-state index contributed by atoms with van der Waals surface area (Å²) in [5, 5.41) is -0.227. The van der Waals surface area contributed by atoms with Gasteiger partial charge < -0.3 is 0 Å². The highest BCUT2D eigenvalue weighted by atomic mass is 32.2. The molecule has 0 amide bonds. The summed E-state index contributed by atoms with van der Waals surface area (Å²) in [5.74, 6) is 0.477. The molecule has 0 saturated carbocycles. The van der Waals surface area contributed by atoms with E-state index in [2.05, 4.69) is 52.1 Å². The van der Waals surface area contributed by atoms with Crippen LogP contribution in [0.3, 0.4) is 0 Å². The number of sulfonamides is 1. The average Bonchev–Trinajstić information content (AvgIpc) is 2.22. The standard InChI is InChI=1S/C16H32N2O2S2/c1-12-9-13(16(5,6)21)7-8-18(12)22(19,20)14-10-17(11-14)15(2,3)4/h12-14,21H,7-11H2,1-6H3. The lowest BCUT2D eigenvalue weighted by Crippen LogP contribution is -2.64. The van der Waals surface area contributed by atoms with Crippen LogP contribution in [-0.2, 0) is 10.0 Å². The molecule has 0 aromatic heterocycles. The van der Waals surface area contributed by atoms with Gasteiger partial charge in [0.25, 0.3) is 0 Å². The fraction of sp³-hybridized carbons (Fsp3) is 1.00. The Labute approximate surface area is 142 Å². The van der Waals surface area contributed by atoms with Gasteiger partial charge in [0.15, 0.2) is 0 Å². The normalized spacial score (nSPS) is 30.3. The van der Waals surface area contributed by atoms with Crippen LogP contribution < -0.4 is 0 Å². The van der Waals surface area contributed by atoms with Gasteiger partial charge in [-0.1, -0.05) is 13.8 Å². The van der Waals surface area contributed by atoms with E-state index in [1.165, 1.54) is 0 Å². The van der Waals surface area contributed by atoms with Gasteiger partial charge in [0, 0.05) is 36.0 Å². The van der Waals surface area contributed by atoms with E-state index in [0.29, 0.717) is 25.6 Å². The summed E-state index contributed by atoms with van der Waals surface area (Å²) in [4.78, 5) is 2.24. The molecule has 130 valence electrons. The van der Waals surface area contributed by atoms with Crippen molar-refractivity contribution in [3.63, 3.8) is 0 Å². The zero-order valence-electron chi connectivity index (χ0n) is 14.8. The number of likely N-dealkylation sites (tertiary alicyclic amines) is 1. The third-order valence-electron chi connectivity index (χ3n) is 5.36. The first-order valence-electron chi connectivity index (χ1n) is 8.31. The van der Waals surface area contributed by atoms with Gasteiger partial charge in [0.1, 0.15) is 5.25 Å². The van der Waals surface area contributed by atoms with Crippen molar-refractivity contribution < 1.29 is 8.42 Å². The molecule has 0 aliphatic carbocycles. The van der Waals surface area contributed by atoms with Crippen molar-refractivity contribution in [3.8, 4) is 0 Å². The van der Waals surface area contributed by atoms with E-state index >= 15 is 0 Å². The Bertz CT molecular complexity index is 499. The molecule has 4 nitrogen and oxygen atoms in total. The van der Waals surface area contributed by atoms with Gasteiger partial charge in [-0.2, -0.15) is 16.9 Å². The van der Waals surface area contributed by atoms with Crippen LogP contribution in [0.2, 0.25) is 0 Å². The van der Waals surface area contributed by atoms with Gasteiger partial charge in [-0.25, -0.2) is 8.42 Å². The lowest BCUT2D eigenvalue weighted by atomic mass is 9.83. The molecule has 0 spiro atoms. The highest BCUT2D eigenvalue weighted by molar-refractivity contribution is 7.89.